The number of aromatic nitrogens is 2. The van der Waals surface area contributed by atoms with Crippen LogP contribution in [0.3, 0.4) is 0 Å². The Morgan fingerprint density at radius 1 is 1.57 bits per heavy atom. The number of hydrogen-bond acceptors (Lipinski definition) is 3. The average Bonchev–Trinajstić information content (AvgIpc) is 2.65. The van der Waals surface area contributed by atoms with Gasteiger partial charge in [-0.2, -0.15) is 5.10 Å². The van der Waals surface area contributed by atoms with Gasteiger partial charge >= 0.3 is 0 Å². The molecule has 5 nitrogen and oxygen atoms in total. The van der Waals surface area contributed by atoms with Crippen molar-refractivity contribution >= 4 is 5.91 Å². The average molecular weight is 195 g/mol. The second-order valence-electron chi connectivity index (χ2n) is 3.31. The van der Waals surface area contributed by atoms with Crippen LogP contribution in [0.2, 0.25) is 0 Å². The molecule has 0 atom stereocenters. The molecule has 0 aromatic carbocycles. The van der Waals surface area contributed by atoms with Gasteiger partial charge in [0, 0.05) is 18.8 Å². The first kappa shape index (κ1) is 9.21. The van der Waals surface area contributed by atoms with Gasteiger partial charge in [-0.1, -0.05) is 0 Å². The second kappa shape index (κ2) is 3.79. The molecule has 0 radical (unpaired) electrons. The number of rotatable bonds is 1. The van der Waals surface area contributed by atoms with Crippen LogP contribution >= 0.6 is 0 Å². The van der Waals surface area contributed by atoms with Crippen LogP contribution in [0.15, 0.2) is 6.20 Å². The number of ether oxygens (including phenoxy) is 1. The molecule has 1 fully saturated rings. The summed E-state index contributed by atoms with van der Waals surface area (Å²) in [6, 6.07) is 0. The number of morpholine rings is 1. The summed E-state index contributed by atoms with van der Waals surface area (Å²) < 4.78 is 5.18. The van der Waals surface area contributed by atoms with E-state index in [1.165, 1.54) is 0 Å². The molecule has 2 heterocycles. The van der Waals surface area contributed by atoms with Gasteiger partial charge in [0.15, 0.2) is 0 Å². The number of aromatic amines is 1. The normalized spacial score (nSPS) is 17.1. The standard InChI is InChI=1S/C9H13N3O2/c1-7-8(6-10-11-7)9(13)12-2-4-14-5-3-12/h6H,2-5H2,1H3,(H,10,11). The van der Waals surface area contributed by atoms with Crippen LogP contribution in [0.5, 0.6) is 0 Å². The van der Waals surface area contributed by atoms with Crippen LogP contribution in [0.4, 0.5) is 0 Å². The molecule has 1 aliphatic heterocycles. The smallest absolute Gasteiger partial charge is 0.257 e. The Morgan fingerprint density at radius 2 is 2.29 bits per heavy atom. The predicted octanol–water partition coefficient (Wildman–Crippen LogP) is 0.191. The lowest BCUT2D eigenvalue weighted by Gasteiger charge is -2.26. The fourth-order valence-corrected chi connectivity index (χ4v) is 1.50. The first-order valence-corrected chi connectivity index (χ1v) is 4.66. The third-order valence-corrected chi connectivity index (χ3v) is 2.36. The molecule has 1 N–H and O–H groups in total. The molecule has 5 heteroatoms. The van der Waals surface area contributed by atoms with E-state index in [1.807, 2.05) is 6.92 Å². The second-order valence-corrected chi connectivity index (χ2v) is 3.31. The first-order chi connectivity index (χ1) is 6.79. The van der Waals surface area contributed by atoms with Crippen LogP contribution in [0, 0.1) is 6.92 Å². The lowest BCUT2D eigenvalue weighted by atomic mass is 10.2. The minimum absolute atomic E-state index is 0.0413. The van der Waals surface area contributed by atoms with E-state index in [1.54, 1.807) is 11.1 Å². The Kier molecular flexibility index (Phi) is 2.49. The van der Waals surface area contributed by atoms with Crippen molar-refractivity contribution in [2.24, 2.45) is 0 Å². The quantitative estimate of drug-likeness (QED) is 0.696. The van der Waals surface area contributed by atoms with Gasteiger partial charge in [0.1, 0.15) is 0 Å². The fraction of sp³-hybridized carbons (Fsp3) is 0.556. The van der Waals surface area contributed by atoms with E-state index in [9.17, 15) is 4.79 Å². The van der Waals surface area contributed by atoms with Crippen LogP contribution in [0.25, 0.3) is 0 Å². The van der Waals surface area contributed by atoms with E-state index in [4.69, 9.17) is 4.74 Å². The van der Waals surface area contributed by atoms with Crippen LogP contribution in [0.1, 0.15) is 16.1 Å². The number of carbonyl (C=O) groups excluding carboxylic acids is 1. The van der Waals surface area contributed by atoms with Crippen molar-refractivity contribution in [2.75, 3.05) is 26.3 Å². The van der Waals surface area contributed by atoms with Gasteiger partial charge in [0.05, 0.1) is 25.0 Å². The number of H-pyrrole nitrogens is 1. The number of carbonyl (C=O) groups is 1. The third kappa shape index (κ3) is 1.63. The zero-order chi connectivity index (χ0) is 9.97. The summed E-state index contributed by atoms with van der Waals surface area (Å²) in [7, 11) is 0. The Hall–Kier alpha value is -1.36. The SMILES string of the molecule is Cc1[nH]ncc1C(=O)N1CCOCC1. The topological polar surface area (TPSA) is 58.2 Å². The summed E-state index contributed by atoms with van der Waals surface area (Å²) in [5.74, 6) is 0.0413. The van der Waals surface area contributed by atoms with Crippen molar-refractivity contribution < 1.29 is 9.53 Å². The van der Waals surface area contributed by atoms with Crippen molar-refractivity contribution in [1.82, 2.24) is 15.1 Å². The van der Waals surface area contributed by atoms with Gasteiger partial charge in [0.25, 0.3) is 5.91 Å². The molecule has 2 rings (SSSR count). The summed E-state index contributed by atoms with van der Waals surface area (Å²) in [5, 5.41) is 6.59. The minimum atomic E-state index is 0.0413. The maximum absolute atomic E-state index is 11.9. The molecule has 0 bridgehead atoms. The molecule has 1 aromatic rings. The minimum Gasteiger partial charge on any atom is -0.378 e. The highest BCUT2D eigenvalue weighted by Gasteiger charge is 2.20. The molecule has 14 heavy (non-hydrogen) atoms. The molecule has 0 unspecified atom stereocenters. The molecular weight excluding hydrogens is 182 g/mol. The molecular formula is C9H13N3O2. The summed E-state index contributed by atoms with van der Waals surface area (Å²) >= 11 is 0. The van der Waals surface area contributed by atoms with E-state index in [0.29, 0.717) is 31.9 Å². The number of hydrogen-bond donors (Lipinski definition) is 1. The molecule has 1 saturated heterocycles. The lowest BCUT2D eigenvalue weighted by molar-refractivity contribution is 0.0302. The van der Waals surface area contributed by atoms with Gasteiger partial charge in [-0.3, -0.25) is 9.89 Å². The maximum Gasteiger partial charge on any atom is 0.257 e. The Morgan fingerprint density at radius 3 is 2.86 bits per heavy atom. The number of amides is 1. The molecule has 1 aliphatic rings. The zero-order valence-electron chi connectivity index (χ0n) is 8.12. The highest BCUT2D eigenvalue weighted by molar-refractivity contribution is 5.95. The van der Waals surface area contributed by atoms with E-state index in [0.717, 1.165) is 5.69 Å². The van der Waals surface area contributed by atoms with Crippen LogP contribution in [-0.4, -0.2) is 47.3 Å². The molecule has 0 aliphatic carbocycles. The van der Waals surface area contributed by atoms with E-state index >= 15 is 0 Å². The molecule has 1 amide bonds. The van der Waals surface area contributed by atoms with Crippen molar-refractivity contribution in [3.63, 3.8) is 0 Å². The molecule has 76 valence electrons. The van der Waals surface area contributed by atoms with E-state index in [2.05, 4.69) is 10.2 Å². The number of nitrogens with one attached hydrogen (secondary N) is 1. The summed E-state index contributed by atoms with van der Waals surface area (Å²) in [6.45, 7) is 4.44. The van der Waals surface area contributed by atoms with Gasteiger partial charge in [-0.25, -0.2) is 0 Å². The monoisotopic (exact) mass is 195 g/mol. The molecule has 1 aromatic heterocycles. The van der Waals surface area contributed by atoms with Crippen molar-refractivity contribution in [3.8, 4) is 0 Å². The Balaban J connectivity index is 2.11. The fourth-order valence-electron chi connectivity index (χ4n) is 1.50. The number of aryl methyl sites for hydroxylation is 1. The maximum atomic E-state index is 11.9. The predicted molar refractivity (Wildman–Crippen MR) is 50.0 cm³/mol. The van der Waals surface area contributed by atoms with Gasteiger partial charge in [-0.15, -0.1) is 0 Å². The van der Waals surface area contributed by atoms with Gasteiger partial charge < -0.3 is 9.64 Å². The summed E-state index contributed by atoms with van der Waals surface area (Å²) in [6.07, 6.45) is 1.58. The lowest BCUT2D eigenvalue weighted by Crippen LogP contribution is -2.40. The highest BCUT2D eigenvalue weighted by Crippen LogP contribution is 2.08. The van der Waals surface area contributed by atoms with Crippen molar-refractivity contribution in [2.45, 2.75) is 6.92 Å². The Labute approximate surface area is 82.0 Å². The van der Waals surface area contributed by atoms with Crippen molar-refractivity contribution in [3.05, 3.63) is 17.5 Å². The molecule has 0 spiro atoms. The summed E-state index contributed by atoms with van der Waals surface area (Å²) in [4.78, 5) is 13.7. The Bertz CT molecular complexity index is 329. The van der Waals surface area contributed by atoms with Gasteiger partial charge in [-0.05, 0) is 6.92 Å². The highest BCUT2D eigenvalue weighted by atomic mass is 16.5. The van der Waals surface area contributed by atoms with Gasteiger partial charge in [0.2, 0.25) is 0 Å². The van der Waals surface area contributed by atoms with Crippen LogP contribution < -0.4 is 0 Å². The largest absolute Gasteiger partial charge is 0.378 e. The zero-order valence-corrected chi connectivity index (χ0v) is 8.12. The molecule has 0 saturated carbocycles. The number of nitrogens with zero attached hydrogens (tertiary/aromatic N) is 2. The van der Waals surface area contributed by atoms with E-state index < -0.39 is 0 Å². The summed E-state index contributed by atoms with van der Waals surface area (Å²) in [5.41, 5.74) is 1.48. The van der Waals surface area contributed by atoms with Crippen LogP contribution in [-0.2, 0) is 4.74 Å². The van der Waals surface area contributed by atoms with E-state index in [-0.39, 0.29) is 5.91 Å². The first-order valence-electron chi connectivity index (χ1n) is 4.66. The van der Waals surface area contributed by atoms with Crippen molar-refractivity contribution in [1.29, 1.82) is 0 Å². The third-order valence-electron chi connectivity index (χ3n) is 2.36.